The Kier molecular flexibility index (Phi) is 5.99. The summed E-state index contributed by atoms with van der Waals surface area (Å²) in [5, 5.41) is 3.57. The van der Waals surface area contributed by atoms with Gasteiger partial charge in [0.15, 0.2) is 0 Å². The van der Waals surface area contributed by atoms with E-state index in [2.05, 4.69) is 50.4 Å². The predicted molar refractivity (Wildman–Crippen MR) is 73.0 cm³/mol. The van der Waals surface area contributed by atoms with Gasteiger partial charge in [0.25, 0.3) is 0 Å². The molecule has 1 aromatic carbocycles. The molecule has 0 saturated carbocycles. The lowest BCUT2D eigenvalue weighted by Crippen LogP contribution is -2.14. The molecular weight excluding hydrogens is 194 g/mol. The number of benzene rings is 1. The second-order valence-corrected chi connectivity index (χ2v) is 4.61. The van der Waals surface area contributed by atoms with Crippen molar-refractivity contribution >= 4 is 5.69 Å². The van der Waals surface area contributed by atoms with Crippen LogP contribution in [0.4, 0.5) is 5.69 Å². The number of aryl methyl sites for hydroxylation is 1. The highest BCUT2D eigenvalue weighted by Crippen LogP contribution is 2.17. The third kappa shape index (κ3) is 4.26. The molecular formula is C15H25N. The molecule has 0 aliphatic carbocycles. The van der Waals surface area contributed by atoms with Gasteiger partial charge in [-0.3, -0.25) is 0 Å². The van der Waals surface area contributed by atoms with Gasteiger partial charge in [-0.05, 0) is 30.9 Å². The molecule has 0 radical (unpaired) electrons. The third-order valence-electron chi connectivity index (χ3n) is 3.27. The average Bonchev–Trinajstić information content (AvgIpc) is 2.31. The van der Waals surface area contributed by atoms with Crippen LogP contribution in [0, 0.1) is 12.8 Å². The fourth-order valence-corrected chi connectivity index (χ4v) is 1.97. The van der Waals surface area contributed by atoms with Gasteiger partial charge in [-0.25, -0.2) is 0 Å². The first-order chi connectivity index (χ1) is 7.77. The van der Waals surface area contributed by atoms with Gasteiger partial charge in [-0.15, -0.1) is 0 Å². The molecule has 1 heteroatoms. The normalized spacial score (nSPS) is 12.4. The maximum Gasteiger partial charge on any atom is 0.0369 e. The smallest absolute Gasteiger partial charge is 0.0369 e. The summed E-state index contributed by atoms with van der Waals surface area (Å²) in [6.45, 7) is 7.83. The Balaban J connectivity index is 2.40. The van der Waals surface area contributed by atoms with Crippen molar-refractivity contribution in [1.29, 1.82) is 0 Å². The lowest BCUT2D eigenvalue weighted by molar-refractivity contribution is 0.472. The first-order valence-corrected chi connectivity index (χ1v) is 6.57. The van der Waals surface area contributed by atoms with Crippen LogP contribution in [0.2, 0.25) is 0 Å². The number of hydrogen-bond acceptors (Lipinski definition) is 1. The molecule has 0 spiro atoms. The number of rotatable bonds is 7. The van der Waals surface area contributed by atoms with E-state index in [9.17, 15) is 0 Å². The van der Waals surface area contributed by atoms with Crippen molar-refractivity contribution in [3.63, 3.8) is 0 Å². The van der Waals surface area contributed by atoms with Crippen LogP contribution >= 0.6 is 0 Å². The van der Waals surface area contributed by atoms with E-state index in [1.165, 1.54) is 36.9 Å². The van der Waals surface area contributed by atoms with Gasteiger partial charge in [-0.1, -0.05) is 51.3 Å². The Bertz CT molecular complexity index is 293. The maximum atomic E-state index is 3.57. The largest absolute Gasteiger partial charge is 0.385 e. The monoisotopic (exact) mass is 219 g/mol. The van der Waals surface area contributed by atoms with Crippen molar-refractivity contribution in [1.82, 2.24) is 0 Å². The summed E-state index contributed by atoms with van der Waals surface area (Å²) in [5.41, 5.74) is 2.63. The molecule has 0 bridgehead atoms. The number of para-hydroxylation sites is 1. The minimum atomic E-state index is 0.819. The minimum absolute atomic E-state index is 0.819. The van der Waals surface area contributed by atoms with E-state index in [4.69, 9.17) is 0 Å². The summed E-state index contributed by atoms with van der Waals surface area (Å²) in [6.07, 6.45) is 5.29. The molecule has 1 atom stereocenters. The van der Waals surface area contributed by atoms with Crippen molar-refractivity contribution in [2.45, 2.75) is 46.5 Å². The second-order valence-electron chi connectivity index (χ2n) is 4.61. The van der Waals surface area contributed by atoms with Crippen LogP contribution in [0.25, 0.3) is 0 Å². The highest BCUT2D eigenvalue weighted by atomic mass is 14.9. The maximum absolute atomic E-state index is 3.57. The summed E-state index contributed by atoms with van der Waals surface area (Å²) in [4.78, 5) is 0. The van der Waals surface area contributed by atoms with Crippen molar-refractivity contribution in [3.8, 4) is 0 Å². The summed E-state index contributed by atoms with van der Waals surface area (Å²) in [5.74, 6) is 0.819. The number of hydrogen-bond donors (Lipinski definition) is 1. The predicted octanol–water partition coefficient (Wildman–Crippen LogP) is 4.62. The molecule has 0 heterocycles. The van der Waals surface area contributed by atoms with Crippen LogP contribution in [-0.4, -0.2) is 6.54 Å². The molecule has 0 aromatic heterocycles. The van der Waals surface area contributed by atoms with Gasteiger partial charge in [0.1, 0.15) is 0 Å². The Morgan fingerprint density at radius 2 is 1.94 bits per heavy atom. The fraction of sp³-hybridized carbons (Fsp3) is 0.600. The Morgan fingerprint density at radius 3 is 2.56 bits per heavy atom. The standard InChI is InChI=1S/C15H25N/c1-4-6-10-14(5-2)12-16-15-11-8-7-9-13(15)3/h7-9,11,14,16H,4-6,10,12H2,1-3H3. The van der Waals surface area contributed by atoms with Crippen molar-refractivity contribution in [2.24, 2.45) is 5.92 Å². The molecule has 1 N–H and O–H groups in total. The molecule has 0 fully saturated rings. The van der Waals surface area contributed by atoms with E-state index in [0.717, 1.165) is 12.5 Å². The molecule has 0 amide bonds. The minimum Gasteiger partial charge on any atom is -0.385 e. The molecule has 1 unspecified atom stereocenters. The second kappa shape index (κ2) is 7.32. The zero-order valence-corrected chi connectivity index (χ0v) is 10.9. The van der Waals surface area contributed by atoms with Crippen LogP contribution in [-0.2, 0) is 0 Å². The van der Waals surface area contributed by atoms with Gasteiger partial charge in [-0.2, -0.15) is 0 Å². The van der Waals surface area contributed by atoms with E-state index in [-0.39, 0.29) is 0 Å². The molecule has 1 nitrogen and oxygen atoms in total. The Labute approximate surface area is 100 Å². The molecule has 16 heavy (non-hydrogen) atoms. The van der Waals surface area contributed by atoms with E-state index in [1.54, 1.807) is 0 Å². The molecule has 0 aliphatic rings. The summed E-state index contributed by atoms with van der Waals surface area (Å²) >= 11 is 0. The quantitative estimate of drug-likeness (QED) is 0.705. The van der Waals surface area contributed by atoms with E-state index >= 15 is 0 Å². The number of nitrogens with one attached hydrogen (secondary N) is 1. The zero-order valence-electron chi connectivity index (χ0n) is 10.9. The van der Waals surface area contributed by atoms with Crippen LogP contribution in [0.1, 0.15) is 45.1 Å². The van der Waals surface area contributed by atoms with Crippen molar-refractivity contribution < 1.29 is 0 Å². The van der Waals surface area contributed by atoms with Gasteiger partial charge in [0, 0.05) is 12.2 Å². The van der Waals surface area contributed by atoms with E-state index in [1.807, 2.05) is 0 Å². The lowest BCUT2D eigenvalue weighted by Gasteiger charge is -2.17. The van der Waals surface area contributed by atoms with Crippen LogP contribution in [0.3, 0.4) is 0 Å². The van der Waals surface area contributed by atoms with Gasteiger partial charge >= 0.3 is 0 Å². The molecule has 0 saturated heterocycles. The summed E-state index contributed by atoms with van der Waals surface area (Å²) < 4.78 is 0. The molecule has 90 valence electrons. The van der Waals surface area contributed by atoms with Crippen LogP contribution < -0.4 is 5.32 Å². The molecule has 1 rings (SSSR count). The van der Waals surface area contributed by atoms with Crippen molar-refractivity contribution in [3.05, 3.63) is 29.8 Å². The highest BCUT2D eigenvalue weighted by Gasteiger charge is 2.05. The Morgan fingerprint density at radius 1 is 1.19 bits per heavy atom. The SMILES string of the molecule is CCCCC(CC)CNc1ccccc1C. The van der Waals surface area contributed by atoms with Crippen LogP contribution in [0.15, 0.2) is 24.3 Å². The van der Waals surface area contributed by atoms with Gasteiger partial charge < -0.3 is 5.32 Å². The number of anilines is 1. The third-order valence-corrected chi connectivity index (χ3v) is 3.27. The van der Waals surface area contributed by atoms with Gasteiger partial charge in [0.2, 0.25) is 0 Å². The first kappa shape index (κ1) is 13.1. The molecule has 0 aliphatic heterocycles. The topological polar surface area (TPSA) is 12.0 Å². The summed E-state index contributed by atoms with van der Waals surface area (Å²) in [7, 11) is 0. The summed E-state index contributed by atoms with van der Waals surface area (Å²) in [6, 6.07) is 8.52. The lowest BCUT2D eigenvalue weighted by atomic mass is 9.99. The Hall–Kier alpha value is -0.980. The zero-order chi connectivity index (χ0) is 11.8. The van der Waals surface area contributed by atoms with Gasteiger partial charge in [0.05, 0.1) is 0 Å². The first-order valence-electron chi connectivity index (χ1n) is 6.57. The van der Waals surface area contributed by atoms with Crippen LogP contribution in [0.5, 0.6) is 0 Å². The van der Waals surface area contributed by atoms with Crippen molar-refractivity contribution in [2.75, 3.05) is 11.9 Å². The molecule has 1 aromatic rings. The highest BCUT2D eigenvalue weighted by molar-refractivity contribution is 5.50. The number of unbranched alkanes of at least 4 members (excludes halogenated alkanes) is 1. The van der Waals surface area contributed by atoms with E-state index in [0.29, 0.717) is 0 Å². The van der Waals surface area contributed by atoms with E-state index < -0.39 is 0 Å². The fourth-order valence-electron chi connectivity index (χ4n) is 1.97. The average molecular weight is 219 g/mol.